The van der Waals surface area contributed by atoms with E-state index in [9.17, 15) is 9.59 Å². The molecule has 0 aliphatic carbocycles. The van der Waals surface area contributed by atoms with Crippen molar-refractivity contribution in [2.75, 3.05) is 11.9 Å². The lowest BCUT2D eigenvalue weighted by atomic mass is 10.1. The first-order chi connectivity index (χ1) is 19.5. The van der Waals surface area contributed by atoms with Crippen molar-refractivity contribution in [2.24, 2.45) is 0 Å². The van der Waals surface area contributed by atoms with Crippen LogP contribution in [0.2, 0.25) is 0 Å². The Kier molecular flexibility index (Phi) is 8.35. The van der Waals surface area contributed by atoms with Crippen LogP contribution in [0, 0.1) is 13.8 Å². The van der Waals surface area contributed by atoms with Gasteiger partial charge in [-0.3, -0.25) is 14.6 Å². The summed E-state index contributed by atoms with van der Waals surface area (Å²) in [7, 11) is 0. The largest absolute Gasteiger partial charge is 0.350 e. The number of pyridine rings is 1. The van der Waals surface area contributed by atoms with Crippen LogP contribution in [0.15, 0.2) is 97.2 Å². The highest BCUT2D eigenvalue weighted by molar-refractivity contribution is 6.00. The van der Waals surface area contributed by atoms with E-state index in [1.54, 1.807) is 6.20 Å². The zero-order valence-corrected chi connectivity index (χ0v) is 23.0. The summed E-state index contributed by atoms with van der Waals surface area (Å²) in [6.45, 7) is 5.23. The highest BCUT2D eigenvalue weighted by Gasteiger charge is 2.17. The number of aromatic nitrogens is 2. The quantitative estimate of drug-likeness (QED) is 0.224. The van der Waals surface area contributed by atoms with Crippen molar-refractivity contribution >= 4 is 28.4 Å². The Morgan fingerprint density at radius 2 is 1.68 bits per heavy atom. The van der Waals surface area contributed by atoms with Gasteiger partial charge in [-0.15, -0.1) is 0 Å². The van der Waals surface area contributed by atoms with Crippen LogP contribution in [-0.4, -0.2) is 27.9 Å². The average molecular weight is 531 g/mol. The molecule has 6 nitrogen and oxygen atoms in total. The summed E-state index contributed by atoms with van der Waals surface area (Å²) in [5.74, 6) is -0.170. The minimum Gasteiger partial charge on any atom is -0.350 e. The molecule has 2 amide bonds. The van der Waals surface area contributed by atoms with Gasteiger partial charge >= 0.3 is 0 Å². The van der Waals surface area contributed by atoms with Gasteiger partial charge in [0.1, 0.15) is 5.69 Å². The lowest BCUT2D eigenvalue weighted by Crippen LogP contribution is -2.28. The summed E-state index contributed by atoms with van der Waals surface area (Å²) in [4.78, 5) is 30.4. The topological polar surface area (TPSA) is 76.0 Å². The van der Waals surface area contributed by atoms with Gasteiger partial charge in [0.15, 0.2) is 0 Å². The van der Waals surface area contributed by atoms with E-state index in [0.717, 1.165) is 27.8 Å². The number of anilines is 1. The number of fused-ring (bicyclic) bond motifs is 1. The fourth-order valence-corrected chi connectivity index (χ4v) is 4.91. The standard InChI is InChI=1S/C34H34N4O2/c1-24-11-12-25(2)28(20-24)23-38-31-15-14-30(37-33(39)16-13-26-8-4-3-5-9-26)21-27(31)22-32(38)34(40)36-19-17-29-10-6-7-18-35-29/h3-12,14-15,18,20-22H,13,16-17,19,23H2,1-2H3,(H,36,40)(H,37,39). The number of nitrogens with one attached hydrogen (secondary N) is 2. The van der Waals surface area contributed by atoms with Crippen LogP contribution in [0.1, 0.15) is 44.9 Å². The zero-order chi connectivity index (χ0) is 27.9. The number of aryl methyl sites for hydroxylation is 3. The first-order valence-electron chi connectivity index (χ1n) is 13.7. The van der Waals surface area contributed by atoms with E-state index in [0.29, 0.717) is 38.0 Å². The number of hydrogen-bond donors (Lipinski definition) is 2. The van der Waals surface area contributed by atoms with E-state index in [-0.39, 0.29) is 11.8 Å². The third kappa shape index (κ3) is 6.64. The predicted octanol–water partition coefficient (Wildman–Crippen LogP) is 6.25. The summed E-state index contributed by atoms with van der Waals surface area (Å²) >= 11 is 0. The van der Waals surface area contributed by atoms with Crippen molar-refractivity contribution in [1.29, 1.82) is 0 Å². The highest BCUT2D eigenvalue weighted by Crippen LogP contribution is 2.26. The molecule has 0 aliphatic rings. The molecule has 0 atom stereocenters. The Hall–Kier alpha value is -4.71. The molecule has 202 valence electrons. The monoisotopic (exact) mass is 530 g/mol. The third-order valence-corrected chi connectivity index (χ3v) is 7.13. The SMILES string of the molecule is Cc1ccc(C)c(Cn2c(C(=O)NCCc3ccccn3)cc3cc(NC(=O)CCc4ccccc4)ccc32)c1. The molecule has 2 heterocycles. The minimum atomic E-state index is -0.133. The molecule has 40 heavy (non-hydrogen) atoms. The Bertz CT molecular complexity index is 1620. The van der Waals surface area contributed by atoms with Gasteiger partial charge in [-0.1, -0.05) is 60.2 Å². The highest BCUT2D eigenvalue weighted by atomic mass is 16.2. The van der Waals surface area contributed by atoms with Crippen LogP contribution in [0.3, 0.4) is 0 Å². The van der Waals surface area contributed by atoms with Gasteiger partial charge in [0, 0.05) is 54.4 Å². The molecule has 0 radical (unpaired) electrons. The Morgan fingerprint density at radius 1 is 0.850 bits per heavy atom. The lowest BCUT2D eigenvalue weighted by Gasteiger charge is -2.14. The molecule has 3 aromatic carbocycles. The molecule has 5 rings (SSSR count). The van der Waals surface area contributed by atoms with Gasteiger partial charge in [0.25, 0.3) is 5.91 Å². The molecule has 0 saturated carbocycles. The molecule has 0 spiro atoms. The van der Waals surface area contributed by atoms with Gasteiger partial charge in [-0.05, 0) is 73.4 Å². The van der Waals surface area contributed by atoms with E-state index in [1.807, 2.05) is 72.8 Å². The molecule has 0 unspecified atom stereocenters. The van der Waals surface area contributed by atoms with Crippen molar-refractivity contribution in [3.05, 3.63) is 131 Å². The van der Waals surface area contributed by atoms with Crippen molar-refractivity contribution in [3.8, 4) is 0 Å². The number of hydrogen-bond acceptors (Lipinski definition) is 3. The molecule has 2 N–H and O–H groups in total. The number of carbonyl (C=O) groups is 2. The average Bonchev–Trinajstić information content (AvgIpc) is 3.32. The van der Waals surface area contributed by atoms with E-state index >= 15 is 0 Å². The van der Waals surface area contributed by atoms with Gasteiger partial charge in [0.2, 0.25) is 5.91 Å². The van der Waals surface area contributed by atoms with Crippen LogP contribution >= 0.6 is 0 Å². The Labute approximate surface area is 235 Å². The van der Waals surface area contributed by atoms with E-state index < -0.39 is 0 Å². The van der Waals surface area contributed by atoms with Gasteiger partial charge < -0.3 is 15.2 Å². The van der Waals surface area contributed by atoms with Crippen molar-refractivity contribution in [2.45, 2.75) is 39.7 Å². The second-order valence-electron chi connectivity index (χ2n) is 10.2. The number of rotatable bonds is 10. The molecule has 6 heteroatoms. The van der Waals surface area contributed by atoms with Crippen LogP contribution < -0.4 is 10.6 Å². The normalized spacial score (nSPS) is 10.9. The minimum absolute atomic E-state index is 0.0366. The molecule has 0 saturated heterocycles. The number of nitrogens with zero attached hydrogens (tertiary/aromatic N) is 2. The van der Waals surface area contributed by atoms with Crippen molar-refractivity contribution in [1.82, 2.24) is 14.9 Å². The summed E-state index contributed by atoms with van der Waals surface area (Å²) in [5.41, 5.74) is 7.84. The van der Waals surface area contributed by atoms with Gasteiger partial charge in [0.05, 0.1) is 0 Å². The van der Waals surface area contributed by atoms with Gasteiger partial charge in [-0.2, -0.15) is 0 Å². The van der Waals surface area contributed by atoms with Crippen LogP contribution in [-0.2, 0) is 24.2 Å². The van der Waals surface area contributed by atoms with Crippen molar-refractivity contribution < 1.29 is 9.59 Å². The maximum Gasteiger partial charge on any atom is 0.267 e. The Balaban J connectivity index is 1.37. The molecule has 2 aromatic heterocycles. The fourth-order valence-electron chi connectivity index (χ4n) is 4.91. The lowest BCUT2D eigenvalue weighted by molar-refractivity contribution is -0.116. The predicted molar refractivity (Wildman–Crippen MR) is 161 cm³/mol. The summed E-state index contributed by atoms with van der Waals surface area (Å²) in [6.07, 6.45) is 3.50. The van der Waals surface area contributed by atoms with Crippen LogP contribution in [0.5, 0.6) is 0 Å². The van der Waals surface area contributed by atoms with Crippen LogP contribution in [0.4, 0.5) is 5.69 Å². The van der Waals surface area contributed by atoms with Crippen LogP contribution in [0.25, 0.3) is 10.9 Å². The summed E-state index contributed by atoms with van der Waals surface area (Å²) in [6, 6.07) is 29.9. The first-order valence-corrected chi connectivity index (χ1v) is 13.7. The number of benzene rings is 3. The molecular weight excluding hydrogens is 496 g/mol. The van der Waals surface area contributed by atoms with E-state index in [4.69, 9.17) is 0 Å². The number of carbonyl (C=O) groups excluding carboxylic acids is 2. The maximum atomic E-state index is 13.4. The smallest absolute Gasteiger partial charge is 0.267 e. The fraction of sp³-hybridized carbons (Fsp3) is 0.206. The maximum absolute atomic E-state index is 13.4. The first kappa shape index (κ1) is 26.9. The van der Waals surface area contributed by atoms with Crippen molar-refractivity contribution in [3.63, 3.8) is 0 Å². The molecular formula is C34H34N4O2. The van der Waals surface area contributed by atoms with E-state index in [2.05, 4.69) is 52.2 Å². The summed E-state index contributed by atoms with van der Waals surface area (Å²) in [5, 5.41) is 7.00. The zero-order valence-electron chi connectivity index (χ0n) is 23.0. The third-order valence-electron chi connectivity index (χ3n) is 7.13. The molecule has 0 fully saturated rings. The molecule has 0 bridgehead atoms. The summed E-state index contributed by atoms with van der Waals surface area (Å²) < 4.78 is 2.06. The molecule has 0 aliphatic heterocycles. The molecule has 5 aromatic rings. The van der Waals surface area contributed by atoms with E-state index in [1.165, 1.54) is 16.7 Å². The van der Waals surface area contributed by atoms with Gasteiger partial charge in [-0.25, -0.2) is 0 Å². The second-order valence-corrected chi connectivity index (χ2v) is 10.2. The number of amides is 2. The second kappa shape index (κ2) is 12.4. The Morgan fingerprint density at radius 3 is 2.48 bits per heavy atom.